The molecule has 1 saturated heterocycles. The highest BCUT2D eigenvalue weighted by Gasteiger charge is 2.47. The zero-order valence-corrected chi connectivity index (χ0v) is 14.4. The van der Waals surface area contributed by atoms with E-state index in [1.807, 2.05) is 6.07 Å². The van der Waals surface area contributed by atoms with Crippen molar-refractivity contribution in [2.45, 2.75) is 69.2 Å². The summed E-state index contributed by atoms with van der Waals surface area (Å²) < 4.78 is 6.25. The normalized spacial score (nSPS) is 36.0. The summed E-state index contributed by atoms with van der Waals surface area (Å²) in [4.78, 5) is 2.43. The van der Waals surface area contributed by atoms with Crippen LogP contribution < -0.4 is 10.5 Å². The van der Waals surface area contributed by atoms with E-state index in [4.69, 9.17) is 10.5 Å². The third-order valence-corrected chi connectivity index (χ3v) is 6.29. The van der Waals surface area contributed by atoms with Gasteiger partial charge in [0.05, 0.1) is 5.60 Å². The predicted molar refractivity (Wildman–Crippen MR) is 92.4 cm³/mol. The summed E-state index contributed by atoms with van der Waals surface area (Å²) in [5.41, 5.74) is 7.77. The first-order valence-corrected chi connectivity index (χ1v) is 9.24. The first-order valence-electron chi connectivity index (χ1n) is 9.24. The van der Waals surface area contributed by atoms with Gasteiger partial charge in [-0.15, -0.1) is 0 Å². The van der Waals surface area contributed by atoms with E-state index in [2.05, 4.69) is 11.8 Å². The molecule has 5 heteroatoms. The molecule has 0 spiro atoms. The zero-order valence-electron chi connectivity index (χ0n) is 14.4. The Kier molecular flexibility index (Phi) is 3.98. The second-order valence-corrected chi connectivity index (χ2v) is 7.68. The standard InChI is InChI=1S/C19H28N2O3/c1-2-21-9-3-4-16-14(20)7-8-19(23)11-13-12(10-17(19)21)5-6-15(22)18(13)24-16/h5-6,14,16-17,22-23H,2-4,7-11,20H2,1H3/t14?,16-,17-,19+/m1/s1. The second kappa shape index (κ2) is 5.90. The maximum atomic E-state index is 11.6. The summed E-state index contributed by atoms with van der Waals surface area (Å²) in [6.45, 7) is 4.06. The first kappa shape index (κ1) is 16.2. The zero-order chi connectivity index (χ0) is 16.9. The minimum atomic E-state index is -0.807. The van der Waals surface area contributed by atoms with Crippen LogP contribution in [0, 0.1) is 0 Å². The highest BCUT2D eigenvalue weighted by molar-refractivity contribution is 5.53. The van der Waals surface area contributed by atoms with Crippen molar-refractivity contribution in [2.75, 3.05) is 13.1 Å². The fourth-order valence-electron chi connectivity index (χ4n) is 4.86. The van der Waals surface area contributed by atoms with Crippen LogP contribution in [-0.4, -0.2) is 52.0 Å². The molecule has 4 N–H and O–H groups in total. The molecule has 1 aromatic rings. The van der Waals surface area contributed by atoms with E-state index < -0.39 is 5.60 Å². The van der Waals surface area contributed by atoms with E-state index in [1.165, 1.54) is 5.56 Å². The SMILES string of the molecule is CCN1CCC[C@H]2Oc3c(O)ccc4c3C[C@@](O)(CCC2N)[C@H]1C4. The number of likely N-dealkylation sites (N-methyl/N-ethyl adjacent to an activating group) is 1. The van der Waals surface area contributed by atoms with E-state index in [1.54, 1.807) is 6.07 Å². The van der Waals surface area contributed by atoms with Crippen molar-refractivity contribution < 1.29 is 14.9 Å². The van der Waals surface area contributed by atoms with E-state index in [-0.39, 0.29) is 23.9 Å². The fraction of sp³-hybridized carbons (Fsp3) is 0.684. The van der Waals surface area contributed by atoms with Gasteiger partial charge in [0.25, 0.3) is 0 Å². The molecule has 1 unspecified atom stereocenters. The Hall–Kier alpha value is -1.30. The van der Waals surface area contributed by atoms with Crippen molar-refractivity contribution in [1.29, 1.82) is 0 Å². The molecule has 4 rings (SSSR count). The number of rotatable bonds is 1. The molecule has 3 bridgehead atoms. The van der Waals surface area contributed by atoms with Crippen LogP contribution in [-0.2, 0) is 12.8 Å². The Balaban J connectivity index is 1.91. The molecule has 0 saturated carbocycles. The number of aliphatic hydroxyl groups is 1. The number of hydrogen-bond acceptors (Lipinski definition) is 5. The highest BCUT2D eigenvalue weighted by Crippen LogP contribution is 2.45. The lowest BCUT2D eigenvalue weighted by Crippen LogP contribution is -2.58. The summed E-state index contributed by atoms with van der Waals surface area (Å²) >= 11 is 0. The molecule has 2 heterocycles. The van der Waals surface area contributed by atoms with E-state index >= 15 is 0 Å². The van der Waals surface area contributed by atoms with Gasteiger partial charge in [-0.3, -0.25) is 4.90 Å². The minimum absolute atomic E-state index is 0.106. The third-order valence-electron chi connectivity index (χ3n) is 6.29. The van der Waals surface area contributed by atoms with Gasteiger partial charge in [0.15, 0.2) is 11.5 Å². The molecule has 4 atom stereocenters. The number of fused-ring (bicyclic) bond motifs is 3. The first-order chi connectivity index (χ1) is 11.5. The number of hydrogen-bond donors (Lipinski definition) is 3. The third kappa shape index (κ3) is 2.50. The van der Waals surface area contributed by atoms with Crippen LogP contribution in [0.15, 0.2) is 12.1 Å². The lowest BCUT2D eigenvalue weighted by molar-refractivity contribution is -0.0632. The summed E-state index contributed by atoms with van der Waals surface area (Å²) in [7, 11) is 0. The van der Waals surface area contributed by atoms with Crippen molar-refractivity contribution in [2.24, 2.45) is 5.73 Å². The van der Waals surface area contributed by atoms with E-state index in [9.17, 15) is 10.2 Å². The average molecular weight is 332 g/mol. The highest BCUT2D eigenvalue weighted by atomic mass is 16.5. The molecular weight excluding hydrogens is 304 g/mol. The maximum Gasteiger partial charge on any atom is 0.164 e. The molecule has 0 aromatic heterocycles. The van der Waals surface area contributed by atoms with Gasteiger partial charge < -0.3 is 20.7 Å². The molecule has 1 aromatic carbocycles. The Morgan fingerprint density at radius 3 is 3.00 bits per heavy atom. The van der Waals surface area contributed by atoms with Gasteiger partial charge in [0, 0.05) is 24.1 Å². The number of phenols is 1. The van der Waals surface area contributed by atoms with Gasteiger partial charge in [-0.05, 0) is 56.8 Å². The van der Waals surface area contributed by atoms with Gasteiger partial charge >= 0.3 is 0 Å². The maximum absolute atomic E-state index is 11.6. The molecular formula is C19H28N2O3. The van der Waals surface area contributed by atoms with Crippen molar-refractivity contribution in [3.8, 4) is 11.5 Å². The summed E-state index contributed by atoms with van der Waals surface area (Å²) in [5, 5.41) is 22.0. The van der Waals surface area contributed by atoms with Crippen LogP contribution in [0.25, 0.3) is 0 Å². The molecule has 5 nitrogen and oxygen atoms in total. The molecule has 1 aliphatic carbocycles. The number of benzene rings is 1. The quantitative estimate of drug-likeness (QED) is 0.728. The van der Waals surface area contributed by atoms with Crippen molar-refractivity contribution in [3.63, 3.8) is 0 Å². The Bertz CT molecular complexity index is 635. The molecule has 2 aliphatic heterocycles. The molecule has 132 valence electrons. The average Bonchev–Trinajstić information content (AvgIpc) is 2.58. The van der Waals surface area contributed by atoms with Gasteiger partial charge in [0.1, 0.15) is 6.10 Å². The van der Waals surface area contributed by atoms with Gasteiger partial charge in [-0.1, -0.05) is 13.0 Å². The summed E-state index contributed by atoms with van der Waals surface area (Å²) in [6, 6.07) is 3.71. The topological polar surface area (TPSA) is 79.0 Å². The second-order valence-electron chi connectivity index (χ2n) is 7.68. The molecule has 0 radical (unpaired) electrons. The van der Waals surface area contributed by atoms with Gasteiger partial charge in [-0.2, -0.15) is 0 Å². The Morgan fingerprint density at radius 2 is 2.21 bits per heavy atom. The minimum Gasteiger partial charge on any atom is -0.504 e. The van der Waals surface area contributed by atoms with Crippen LogP contribution in [0.2, 0.25) is 0 Å². The fourth-order valence-corrected chi connectivity index (χ4v) is 4.86. The van der Waals surface area contributed by atoms with Crippen LogP contribution in [0.5, 0.6) is 11.5 Å². The largest absolute Gasteiger partial charge is 0.504 e. The monoisotopic (exact) mass is 332 g/mol. The lowest BCUT2D eigenvalue weighted by atomic mass is 9.72. The molecule has 1 fully saturated rings. The number of aromatic hydroxyl groups is 1. The van der Waals surface area contributed by atoms with E-state index in [0.29, 0.717) is 18.6 Å². The lowest BCUT2D eigenvalue weighted by Gasteiger charge is -2.47. The smallest absolute Gasteiger partial charge is 0.164 e. The summed E-state index contributed by atoms with van der Waals surface area (Å²) in [6.07, 6.45) is 4.53. The number of phenolic OH excluding ortho intramolecular Hbond substituents is 1. The van der Waals surface area contributed by atoms with Crippen molar-refractivity contribution >= 4 is 0 Å². The Labute approximate surface area is 143 Å². The van der Waals surface area contributed by atoms with Crippen molar-refractivity contribution in [3.05, 3.63) is 23.3 Å². The van der Waals surface area contributed by atoms with E-state index in [0.717, 1.165) is 44.3 Å². The summed E-state index contributed by atoms with van der Waals surface area (Å²) in [5.74, 6) is 0.719. The van der Waals surface area contributed by atoms with Crippen LogP contribution in [0.1, 0.15) is 43.7 Å². The van der Waals surface area contributed by atoms with Crippen LogP contribution in [0.3, 0.4) is 0 Å². The Morgan fingerprint density at radius 1 is 1.38 bits per heavy atom. The number of nitrogens with two attached hydrogens (primary N) is 1. The van der Waals surface area contributed by atoms with Crippen LogP contribution >= 0.6 is 0 Å². The van der Waals surface area contributed by atoms with Gasteiger partial charge in [0.2, 0.25) is 0 Å². The molecule has 0 amide bonds. The predicted octanol–water partition coefficient (Wildman–Crippen LogP) is 1.57. The van der Waals surface area contributed by atoms with Crippen molar-refractivity contribution in [1.82, 2.24) is 4.90 Å². The van der Waals surface area contributed by atoms with Crippen LogP contribution in [0.4, 0.5) is 0 Å². The number of nitrogens with zero attached hydrogens (tertiary/aromatic N) is 1. The molecule has 3 aliphatic rings. The van der Waals surface area contributed by atoms with Gasteiger partial charge in [-0.25, -0.2) is 0 Å². The number of ether oxygens (including phenoxy) is 1. The molecule has 24 heavy (non-hydrogen) atoms.